The van der Waals surface area contributed by atoms with Crippen LogP contribution < -0.4 is 5.32 Å². The zero-order valence-electron chi connectivity index (χ0n) is 13.3. The second-order valence-corrected chi connectivity index (χ2v) is 5.10. The minimum absolute atomic E-state index is 0.220. The standard InChI is InChI=1S/C16H22FN5/c1-4-18-16(19-11-15-8-9-20-22(15)3)21(2)12-13-6-5-7-14(17)10-13/h5-10H,4,11-12H2,1-3H3,(H,18,19). The summed E-state index contributed by atoms with van der Waals surface area (Å²) in [5.41, 5.74) is 1.95. The number of halogens is 1. The second-order valence-electron chi connectivity index (χ2n) is 5.10. The van der Waals surface area contributed by atoms with Gasteiger partial charge in [0.1, 0.15) is 5.82 Å². The zero-order valence-corrected chi connectivity index (χ0v) is 13.3. The molecule has 1 aromatic heterocycles. The van der Waals surface area contributed by atoms with Gasteiger partial charge < -0.3 is 10.2 Å². The van der Waals surface area contributed by atoms with Crippen molar-refractivity contribution in [2.75, 3.05) is 13.6 Å². The number of nitrogens with one attached hydrogen (secondary N) is 1. The molecule has 5 nitrogen and oxygen atoms in total. The van der Waals surface area contributed by atoms with Crippen LogP contribution >= 0.6 is 0 Å². The normalized spacial score (nSPS) is 11.5. The molecule has 6 heteroatoms. The fourth-order valence-corrected chi connectivity index (χ4v) is 2.17. The van der Waals surface area contributed by atoms with Crippen LogP contribution in [0.1, 0.15) is 18.2 Å². The van der Waals surface area contributed by atoms with Crippen molar-refractivity contribution in [1.29, 1.82) is 0 Å². The lowest BCUT2D eigenvalue weighted by atomic mass is 10.2. The van der Waals surface area contributed by atoms with Crippen LogP contribution in [0, 0.1) is 5.82 Å². The number of benzene rings is 1. The fourth-order valence-electron chi connectivity index (χ4n) is 2.17. The monoisotopic (exact) mass is 303 g/mol. The van der Waals surface area contributed by atoms with Crippen LogP contribution in [0.3, 0.4) is 0 Å². The molecule has 0 atom stereocenters. The minimum atomic E-state index is -0.220. The van der Waals surface area contributed by atoms with E-state index in [1.807, 2.05) is 38.1 Å². The summed E-state index contributed by atoms with van der Waals surface area (Å²) < 4.78 is 15.1. The maximum Gasteiger partial charge on any atom is 0.194 e. The van der Waals surface area contributed by atoms with E-state index in [4.69, 9.17) is 0 Å². The number of guanidine groups is 1. The van der Waals surface area contributed by atoms with E-state index in [1.54, 1.807) is 23.0 Å². The van der Waals surface area contributed by atoms with Crippen molar-refractivity contribution < 1.29 is 4.39 Å². The topological polar surface area (TPSA) is 45.5 Å². The molecular weight excluding hydrogens is 281 g/mol. The molecule has 22 heavy (non-hydrogen) atoms. The van der Waals surface area contributed by atoms with Gasteiger partial charge in [-0.15, -0.1) is 0 Å². The average Bonchev–Trinajstić information content (AvgIpc) is 2.88. The van der Waals surface area contributed by atoms with Crippen molar-refractivity contribution in [1.82, 2.24) is 20.0 Å². The van der Waals surface area contributed by atoms with E-state index in [1.165, 1.54) is 6.07 Å². The maximum atomic E-state index is 13.3. The molecule has 0 radical (unpaired) electrons. The molecule has 2 rings (SSSR count). The van der Waals surface area contributed by atoms with Crippen molar-refractivity contribution in [3.63, 3.8) is 0 Å². The number of hydrogen-bond donors (Lipinski definition) is 1. The molecule has 0 aliphatic carbocycles. The van der Waals surface area contributed by atoms with E-state index >= 15 is 0 Å². The molecule has 118 valence electrons. The Balaban J connectivity index is 2.07. The molecule has 1 heterocycles. The van der Waals surface area contributed by atoms with Crippen LogP contribution in [0.15, 0.2) is 41.5 Å². The number of aryl methyl sites for hydroxylation is 1. The van der Waals surface area contributed by atoms with Crippen molar-refractivity contribution >= 4 is 5.96 Å². The zero-order chi connectivity index (χ0) is 15.9. The molecule has 0 amide bonds. The summed E-state index contributed by atoms with van der Waals surface area (Å²) in [7, 11) is 3.84. The van der Waals surface area contributed by atoms with Crippen LogP contribution in [-0.2, 0) is 20.1 Å². The minimum Gasteiger partial charge on any atom is -0.357 e. The summed E-state index contributed by atoms with van der Waals surface area (Å²) in [6, 6.07) is 8.56. The molecule has 0 aliphatic heterocycles. The number of rotatable bonds is 5. The third kappa shape index (κ3) is 4.31. The van der Waals surface area contributed by atoms with Gasteiger partial charge in [-0.05, 0) is 30.7 Å². The molecule has 0 aliphatic rings. The van der Waals surface area contributed by atoms with Crippen LogP contribution in [0.2, 0.25) is 0 Å². The van der Waals surface area contributed by atoms with Crippen molar-refractivity contribution in [3.8, 4) is 0 Å². The third-order valence-electron chi connectivity index (χ3n) is 3.32. The molecule has 2 aromatic rings. The summed E-state index contributed by atoms with van der Waals surface area (Å²) in [4.78, 5) is 6.59. The highest BCUT2D eigenvalue weighted by atomic mass is 19.1. The Bertz CT molecular complexity index is 635. The van der Waals surface area contributed by atoms with Gasteiger partial charge in [-0.2, -0.15) is 5.10 Å². The van der Waals surface area contributed by atoms with Gasteiger partial charge in [-0.1, -0.05) is 12.1 Å². The highest BCUT2D eigenvalue weighted by molar-refractivity contribution is 5.79. The summed E-state index contributed by atoms with van der Waals surface area (Å²) in [6.07, 6.45) is 1.76. The van der Waals surface area contributed by atoms with Crippen LogP contribution in [-0.4, -0.2) is 34.2 Å². The number of aliphatic imine (C=N–C) groups is 1. The Morgan fingerprint density at radius 3 is 2.86 bits per heavy atom. The lowest BCUT2D eigenvalue weighted by Gasteiger charge is -2.22. The van der Waals surface area contributed by atoms with E-state index in [0.29, 0.717) is 13.1 Å². The average molecular weight is 303 g/mol. The lowest BCUT2D eigenvalue weighted by molar-refractivity contribution is 0.474. The quantitative estimate of drug-likeness (QED) is 0.680. The Hall–Kier alpha value is -2.37. The fraction of sp³-hybridized carbons (Fsp3) is 0.375. The lowest BCUT2D eigenvalue weighted by Crippen LogP contribution is -2.38. The molecule has 0 saturated heterocycles. The largest absolute Gasteiger partial charge is 0.357 e. The molecule has 1 N–H and O–H groups in total. The first-order chi connectivity index (χ1) is 10.6. The van der Waals surface area contributed by atoms with Gasteiger partial charge in [0.2, 0.25) is 0 Å². The van der Waals surface area contributed by atoms with E-state index in [2.05, 4.69) is 15.4 Å². The van der Waals surface area contributed by atoms with Crippen molar-refractivity contribution in [2.24, 2.45) is 12.0 Å². The molecule has 0 bridgehead atoms. The molecule has 0 unspecified atom stereocenters. The number of hydrogen-bond acceptors (Lipinski definition) is 2. The Labute approximate surface area is 130 Å². The molecule has 1 aromatic carbocycles. The molecule has 0 saturated carbocycles. The molecular formula is C16H22FN5. The molecule has 0 fully saturated rings. The van der Waals surface area contributed by atoms with Gasteiger partial charge in [0.25, 0.3) is 0 Å². The second kappa shape index (κ2) is 7.59. The summed E-state index contributed by atoms with van der Waals surface area (Å²) in [6.45, 7) is 3.94. The Morgan fingerprint density at radius 2 is 2.23 bits per heavy atom. The van der Waals surface area contributed by atoms with Gasteiger partial charge in [-0.3, -0.25) is 4.68 Å². The molecule has 0 spiro atoms. The van der Waals surface area contributed by atoms with E-state index in [-0.39, 0.29) is 5.82 Å². The van der Waals surface area contributed by atoms with Gasteiger partial charge in [0.15, 0.2) is 5.96 Å². The predicted octanol–water partition coefficient (Wildman–Crippen LogP) is 2.16. The van der Waals surface area contributed by atoms with Crippen LogP contribution in [0.4, 0.5) is 4.39 Å². The van der Waals surface area contributed by atoms with Crippen molar-refractivity contribution in [3.05, 3.63) is 53.6 Å². The first-order valence-electron chi connectivity index (χ1n) is 7.31. The summed E-state index contributed by atoms with van der Waals surface area (Å²) in [5, 5.41) is 7.39. The van der Waals surface area contributed by atoms with Gasteiger partial charge in [0, 0.05) is 33.4 Å². The van der Waals surface area contributed by atoms with Crippen molar-refractivity contribution in [2.45, 2.75) is 20.0 Å². The smallest absolute Gasteiger partial charge is 0.194 e. The van der Waals surface area contributed by atoms with Crippen LogP contribution in [0.25, 0.3) is 0 Å². The maximum absolute atomic E-state index is 13.3. The number of aromatic nitrogens is 2. The predicted molar refractivity (Wildman–Crippen MR) is 85.9 cm³/mol. The highest BCUT2D eigenvalue weighted by Crippen LogP contribution is 2.07. The van der Waals surface area contributed by atoms with Gasteiger partial charge in [0.05, 0.1) is 12.2 Å². The van der Waals surface area contributed by atoms with Gasteiger partial charge in [-0.25, -0.2) is 9.38 Å². The third-order valence-corrected chi connectivity index (χ3v) is 3.32. The van der Waals surface area contributed by atoms with Crippen LogP contribution in [0.5, 0.6) is 0 Å². The first kappa shape index (κ1) is 16.0. The Morgan fingerprint density at radius 1 is 1.41 bits per heavy atom. The SMILES string of the molecule is CCNC(=NCc1ccnn1C)N(C)Cc1cccc(F)c1. The highest BCUT2D eigenvalue weighted by Gasteiger charge is 2.07. The van der Waals surface area contributed by atoms with E-state index in [0.717, 1.165) is 23.8 Å². The Kier molecular flexibility index (Phi) is 5.52. The number of nitrogens with zero attached hydrogens (tertiary/aromatic N) is 4. The van der Waals surface area contributed by atoms with Gasteiger partial charge >= 0.3 is 0 Å². The summed E-state index contributed by atoms with van der Waals surface area (Å²) >= 11 is 0. The van der Waals surface area contributed by atoms with E-state index < -0.39 is 0 Å². The van der Waals surface area contributed by atoms with E-state index in [9.17, 15) is 4.39 Å². The summed E-state index contributed by atoms with van der Waals surface area (Å²) in [5.74, 6) is 0.565. The first-order valence-corrected chi connectivity index (χ1v) is 7.31.